The maximum Gasteiger partial charge on any atom is 0.271 e. The molecule has 0 bridgehead atoms. The molecule has 4 aromatic rings. The number of benzene rings is 4. The largest absolute Gasteiger partial charge is 0.488 e. The highest BCUT2D eigenvalue weighted by Gasteiger charge is 2.05. The van der Waals surface area contributed by atoms with Gasteiger partial charge in [0.05, 0.1) is 10.7 Å². The third kappa shape index (κ3) is 5.51. The minimum absolute atomic E-state index is 0.303. The first kappa shape index (κ1) is 21.1. The molecule has 0 spiro atoms. The van der Waals surface area contributed by atoms with E-state index in [4.69, 9.17) is 16.3 Å². The number of ether oxygens (including phenoxy) is 1. The van der Waals surface area contributed by atoms with Crippen LogP contribution in [0.4, 0.5) is 0 Å². The van der Waals surface area contributed by atoms with E-state index in [1.54, 1.807) is 30.5 Å². The van der Waals surface area contributed by atoms with Gasteiger partial charge in [-0.2, -0.15) is 5.10 Å². The van der Waals surface area contributed by atoms with E-state index >= 15 is 0 Å². The van der Waals surface area contributed by atoms with E-state index in [0.717, 1.165) is 21.3 Å². The molecule has 0 aromatic heterocycles. The maximum atomic E-state index is 12.1. The number of carbonyl (C=O) groups is 1. The van der Waals surface area contributed by atoms with Crippen molar-refractivity contribution in [2.45, 2.75) is 6.61 Å². The molecule has 4 aromatic carbocycles. The Hall–Kier alpha value is -3.15. The quantitative estimate of drug-likeness (QED) is 0.243. The first-order valence-electron chi connectivity index (χ1n) is 9.57. The summed E-state index contributed by atoms with van der Waals surface area (Å²) in [5.74, 6) is 0.429. The molecule has 4 nitrogen and oxygen atoms in total. The molecular weight excluding hydrogens is 476 g/mol. The first-order valence-corrected chi connectivity index (χ1v) is 10.7. The van der Waals surface area contributed by atoms with Crippen LogP contribution in [-0.2, 0) is 6.61 Å². The van der Waals surface area contributed by atoms with Crippen molar-refractivity contribution >= 4 is 50.4 Å². The highest BCUT2D eigenvalue weighted by atomic mass is 79.9. The lowest BCUT2D eigenvalue weighted by molar-refractivity contribution is 0.0955. The fourth-order valence-corrected chi connectivity index (χ4v) is 3.67. The molecule has 0 aliphatic heterocycles. The predicted octanol–water partition coefficient (Wildman–Crippen LogP) is 6.60. The molecule has 0 aliphatic carbocycles. The Labute approximate surface area is 193 Å². The molecule has 154 valence electrons. The molecule has 0 unspecified atom stereocenters. The van der Waals surface area contributed by atoms with Gasteiger partial charge in [-0.15, -0.1) is 0 Å². The van der Waals surface area contributed by atoms with Gasteiger partial charge < -0.3 is 4.74 Å². The lowest BCUT2D eigenvalue weighted by Gasteiger charge is -2.10. The number of hydrogen-bond donors (Lipinski definition) is 1. The second kappa shape index (κ2) is 9.77. The van der Waals surface area contributed by atoms with E-state index in [2.05, 4.69) is 56.8 Å². The molecular formula is C25H18BrClN2O2. The van der Waals surface area contributed by atoms with Gasteiger partial charge in [0.15, 0.2) is 0 Å². The number of nitrogens with zero attached hydrogens (tertiary/aromatic N) is 1. The molecule has 0 aliphatic rings. The molecule has 0 saturated carbocycles. The van der Waals surface area contributed by atoms with Gasteiger partial charge in [-0.05, 0) is 86.4 Å². The summed E-state index contributed by atoms with van der Waals surface area (Å²) in [6.45, 7) is 0.466. The average molecular weight is 494 g/mol. The zero-order valence-corrected chi connectivity index (χ0v) is 18.7. The van der Waals surface area contributed by atoms with Crippen molar-refractivity contribution in [1.82, 2.24) is 5.43 Å². The Balaban J connectivity index is 1.36. The fraction of sp³-hybridized carbons (Fsp3) is 0.0400. The molecule has 0 heterocycles. The van der Waals surface area contributed by atoms with Gasteiger partial charge in [0.1, 0.15) is 12.4 Å². The number of amides is 1. The molecule has 4 rings (SSSR count). The van der Waals surface area contributed by atoms with E-state index in [-0.39, 0.29) is 5.91 Å². The summed E-state index contributed by atoms with van der Waals surface area (Å²) in [4.78, 5) is 12.1. The van der Waals surface area contributed by atoms with Crippen molar-refractivity contribution in [2.24, 2.45) is 5.10 Å². The summed E-state index contributed by atoms with van der Waals surface area (Å²) in [7, 11) is 0. The number of hydrazone groups is 1. The minimum atomic E-state index is -0.303. The van der Waals surface area contributed by atoms with Crippen LogP contribution >= 0.6 is 27.5 Å². The van der Waals surface area contributed by atoms with Crippen LogP contribution in [0.3, 0.4) is 0 Å². The fourth-order valence-electron chi connectivity index (χ4n) is 3.04. The SMILES string of the molecule is O=C(N/N=C\c1ccc(OCc2ccc3ccccc3c2)c(Br)c1)c1ccc(Cl)cc1. The van der Waals surface area contributed by atoms with Gasteiger partial charge in [-0.3, -0.25) is 4.79 Å². The van der Waals surface area contributed by atoms with E-state index in [0.29, 0.717) is 17.2 Å². The second-order valence-electron chi connectivity index (χ2n) is 6.87. The summed E-state index contributed by atoms with van der Waals surface area (Å²) < 4.78 is 6.77. The number of fused-ring (bicyclic) bond motifs is 1. The Morgan fingerprint density at radius 3 is 2.52 bits per heavy atom. The van der Waals surface area contributed by atoms with Crippen molar-refractivity contribution in [3.8, 4) is 5.75 Å². The van der Waals surface area contributed by atoms with Crippen LogP contribution in [0.1, 0.15) is 21.5 Å². The van der Waals surface area contributed by atoms with Gasteiger partial charge >= 0.3 is 0 Å². The van der Waals surface area contributed by atoms with Crippen LogP contribution in [0.15, 0.2) is 94.5 Å². The second-order valence-corrected chi connectivity index (χ2v) is 8.16. The maximum absolute atomic E-state index is 12.1. The van der Waals surface area contributed by atoms with E-state index in [1.807, 2.05) is 30.3 Å². The third-order valence-electron chi connectivity index (χ3n) is 4.65. The first-order chi connectivity index (χ1) is 15.1. The summed E-state index contributed by atoms with van der Waals surface area (Å²) in [5, 5.41) is 6.99. The molecule has 1 amide bonds. The van der Waals surface area contributed by atoms with Gasteiger partial charge in [0.2, 0.25) is 0 Å². The zero-order chi connectivity index (χ0) is 21.6. The van der Waals surface area contributed by atoms with Crippen molar-refractivity contribution in [2.75, 3.05) is 0 Å². The Morgan fingerprint density at radius 2 is 1.74 bits per heavy atom. The van der Waals surface area contributed by atoms with Gasteiger partial charge in [-0.1, -0.05) is 48.0 Å². The Kier molecular flexibility index (Phi) is 6.65. The highest BCUT2D eigenvalue weighted by molar-refractivity contribution is 9.10. The number of carbonyl (C=O) groups excluding carboxylic acids is 1. The zero-order valence-electron chi connectivity index (χ0n) is 16.4. The van der Waals surface area contributed by atoms with Gasteiger partial charge in [0.25, 0.3) is 5.91 Å². The Morgan fingerprint density at radius 1 is 0.968 bits per heavy atom. The van der Waals surface area contributed by atoms with Crippen molar-refractivity contribution < 1.29 is 9.53 Å². The molecule has 0 fully saturated rings. The third-order valence-corrected chi connectivity index (χ3v) is 5.52. The average Bonchev–Trinajstić information content (AvgIpc) is 2.79. The molecule has 0 atom stereocenters. The van der Waals surface area contributed by atoms with Gasteiger partial charge in [0, 0.05) is 10.6 Å². The number of nitrogens with one attached hydrogen (secondary N) is 1. The summed E-state index contributed by atoms with van der Waals surface area (Å²) in [6, 6.07) is 26.8. The van der Waals surface area contributed by atoms with Crippen molar-refractivity contribution in [3.05, 3.63) is 111 Å². The lowest BCUT2D eigenvalue weighted by atomic mass is 10.1. The van der Waals surface area contributed by atoms with Crippen LogP contribution in [0.5, 0.6) is 5.75 Å². The van der Waals surface area contributed by atoms with Crippen LogP contribution in [0.2, 0.25) is 5.02 Å². The molecule has 31 heavy (non-hydrogen) atoms. The summed E-state index contributed by atoms with van der Waals surface area (Å²) in [6.07, 6.45) is 1.58. The number of halogens is 2. The van der Waals surface area contributed by atoms with Crippen LogP contribution < -0.4 is 10.2 Å². The van der Waals surface area contributed by atoms with Gasteiger partial charge in [-0.25, -0.2) is 5.43 Å². The molecule has 0 saturated heterocycles. The predicted molar refractivity (Wildman–Crippen MR) is 129 cm³/mol. The van der Waals surface area contributed by atoms with Crippen LogP contribution in [0.25, 0.3) is 10.8 Å². The van der Waals surface area contributed by atoms with E-state index in [9.17, 15) is 4.79 Å². The van der Waals surface area contributed by atoms with Crippen LogP contribution in [-0.4, -0.2) is 12.1 Å². The van der Waals surface area contributed by atoms with Crippen molar-refractivity contribution in [3.63, 3.8) is 0 Å². The number of hydrogen-bond acceptors (Lipinski definition) is 3. The normalized spacial score (nSPS) is 11.0. The summed E-state index contributed by atoms with van der Waals surface area (Å²) in [5.41, 5.74) is 4.91. The van der Waals surface area contributed by atoms with Crippen molar-refractivity contribution in [1.29, 1.82) is 0 Å². The monoisotopic (exact) mass is 492 g/mol. The Bertz CT molecular complexity index is 1260. The summed E-state index contributed by atoms with van der Waals surface area (Å²) >= 11 is 9.37. The molecule has 6 heteroatoms. The van der Waals surface area contributed by atoms with Crippen LogP contribution in [0, 0.1) is 0 Å². The topological polar surface area (TPSA) is 50.7 Å². The number of rotatable bonds is 6. The lowest BCUT2D eigenvalue weighted by Crippen LogP contribution is -2.17. The standard InChI is InChI=1S/C25H18BrClN2O2/c26-23-14-17(15-28-29-25(30)20-8-10-22(27)11-9-20)6-12-24(23)31-16-18-5-7-19-3-1-2-4-21(19)13-18/h1-15H,16H2,(H,29,30)/b28-15-. The van der Waals surface area contributed by atoms with E-state index in [1.165, 1.54) is 10.8 Å². The smallest absolute Gasteiger partial charge is 0.271 e. The molecule has 1 N–H and O–H groups in total. The molecule has 0 radical (unpaired) electrons. The highest BCUT2D eigenvalue weighted by Crippen LogP contribution is 2.27. The van der Waals surface area contributed by atoms with E-state index < -0.39 is 0 Å². The minimum Gasteiger partial charge on any atom is -0.488 e.